The molecule has 0 atom stereocenters. The summed E-state index contributed by atoms with van der Waals surface area (Å²) >= 11 is 0. The zero-order valence-corrected chi connectivity index (χ0v) is 14.0. The second-order valence-electron chi connectivity index (χ2n) is 6.42. The summed E-state index contributed by atoms with van der Waals surface area (Å²) in [6.07, 6.45) is 7.37. The molecule has 0 saturated heterocycles. The van der Waals surface area contributed by atoms with Crippen molar-refractivity contribution < 1.29 is 9.53 Å². The fraction of sp³-hybridized carbons (Fsp3) is 0.611. The molecule has 0 spiro atoms. The SMILES string of the molecule is COc1ccccc1C(=O)NCC1(N(C)C)CCCCCC1. The third-order valence-electron chi connectivity index (χ3n) is 4.91. The first kappa shape index (κ1) is 16.8. The number of rotatable bonds is 5. The maximum atomic E-state index is 12.5. The van der Waals surface area contributed by atoms with E-state index in [0.717, 1.165) is 12.8 Å². The van der Waals surface area contributed by atoms with Gasteiger partial charge in [-0.05, 0) is 39.1 Å². The lowest BCUT2D eigenvalue weighted by Gasteiger charge is -2.39. The molecule has 1 N–H and O–H groups in total. The normalized spacial score (nSPS) is 17.8. The Morgan fingerprint density at radius 1 is 1.18 bits per heavy atom. The highest BCUT2D eigenvalue weighted by molar-refractivity contribution is 5.96. The van der Waals surface area contributed by atoms with E-state index in [0.29, 0.717) is 17.9 Å². The van der Waals surface area contributed by atoms with Crippen LogP contribution in [0.3, 0.4) is 0 Å². The van der Waals surface area contributed by atoms with Gasteiger partial charge in [-0.25, -0.2) is 0 Å². The van der Waals surface area contributed by atoms with Gasteiger partial charge in [0.1, 0.15) is 5.75 Å². The first-order valence-corrected chi connectivity index (χ1v) is 8.18. The molecule has 0 radical (unpaired) electrons. The van der Waals surface area contributed by atoms with Crippen LogP contribution in [0.25, 0.3) is 0 Å². The van der Waals surface area contributed by atoms with Gasteiger partial charge in [-0.2, -0.15) is 0 Å². The van der Waals surface area contributed by atoms with Crippen molar-refractivity contribution in [2.45, 2.75) is 44.1 Å². The maximum absolute atomic E-state index is 12.5. The smallest absolute Gasteiger partial charge is 0.255 e. The molecule has 4 heteroatoms. The van der Waals surface area contributed by atoms with Crippen molar-refractivity contribution in [3.05, 3.63) is 29.8 Å². The molecule has 0 bridgehead atoms. The summed E-state index contributed by atoms with van der Waals surface area (Å²) in [5, 5.41) is 3.13. The molecule has 1 saturated carbocycles. The number of hydrogen-bond acceptors (Lipinski definition) is 3. The lowest BCUT2D eigenvalue weighted by atomic mass is 9.88. The van der Waals surface area contributed by atoms with E-state index >= 15 is 0 Å². The molecule has 0 aliphatic heterocycles. The highest BCUT2D eigenvalue weighted by atomic mass is 16.5. The number of hydrogen-bond donors (Lipinski definition) is 1. The van der Waals surface area contributed by atoms with Crippen molar-refractivity contribution in [2.24, 2.45) is 0 Å². The number of carbonyl (C=O) groups excluding carboxylic acids is 1. The molecular weight excluding hydrogens is 276 g/mol. The Kier molecular flexibility index (Phi) is 5.83. The average Bonchev–Trinajstić information content (AvgIpc) is 2.79. The fourth-order valence-corrected chi connectivity index (χ4v) is 3.34. The zero-order chi connectivity index (χ0) is 16.0. The quantitative estimate of drug-likeness (QED) is 0.850. The Morgan fingerprint density at radius 2 is 1.82 bits per heavy atom. The van der Waals surface area contributed by atoms with Crippen molar-refractivity contribution in [1.82, 2.24) is 10.2 Å². The van der Waals surface area contributed by atoms with Crippen molar-refractivity contribution in [3.63, 3.8) is 0 Å². The van der Waals surface area contributed by atoms with E-state index in [9.17, 15) is 4.79 Å². The van der Waals surface area contributed by atoms with E-state index in [2.05, 4.69) is 24.3 Å². The Hall–Kier alpha value is -1.55. The second-order valence-corrected chi connectivity index (χ2v) is 6.42. The van der Waals surface area contributed by atoms with Crippen LogP contribution in [0, 0.1) is 0 Å². The number of likely N-dealkylation sites (N-methyl/N-ethyl adjacent to an activating group) is 1. The zero-order valence-electron chi connectivity index (χ0n) is 14.0. The van der Waals surface area contributed by atoms with Gasteiger partial charge in [0, 0.05) is 12.1 Å². The van der Waals surface area contributed by atoms with Gasteiger partial charge in [0.2, 0.25) is 0 Å². The van der Waals surface area contributed by atoms with Crippen LogP contribution in [0.4, 0.5) is 0 Å². The summed E-state index contributed by atoms with van der Waals surface area (Å²) in [6, 6.07) is 7.37. The van der Waals surface area contributed by atoms with Crippen LogP contribution in [-0.2, 0) is 0 Å². The first-order valence-electron chi connectivity index (χ1n) is 8.18. The van der Waals surface area contributed by atoms with Crippen LogP contribution in [0.2, 0.25) is 0 Å². The number of amides is 1. The van der Waals surface area contributed by atoms with Gasteiger partial charge < -0.3 is 15.0 Å². The lowest BCUT2D eigenvalue weighted by molar-refractivity contribution is 0.0866. The molecule has 1 aliphatic rings. The van der Waals surface area contributed by atoms with Gasteiger partial charge in [0.05, 0.1) is 12.7 Å². The van der Waals surface area contributed by atoms with E-state index in [1.807, 2.05) is 24.3 Å². The summed E-state index contributed by atoms with van der Waals surface area (Å²) in [7, 11) is 5.85. The largest absolute Gasteiger partial charge is 0.496 e. The molecule has 4 nitrogen and oxygen atoms in total. The van der Waals surface area contributed by atoms with Crippen LogP contribution < -0.4 is 10.1 Å². The molecule has 0 aromatic heterocycles. The van der Waals surface area contributed by atoms with Crippen LogP contribution in [-0.4, -0.2) is 44.1 Å². The molecule has 0 heterocycles. The van der Waals surface area contributed by atoms with E-state index in [4.69, 9.17) is 4.74 Å². The minimum Gasteiger partial charge on any atom is -0.496 e. The molecule has 1 aromatic rings. The molecule has 1 aliphatic carbocycles. The minimum atomic E-state index is -0.0529. The molecule has 0 unspecified atom stereocenters. The third kappa shape index (κ3) is 3.80. The number of ether oxygens (including phenoxy) is 1. The summed E-state index contributed by atoms with van der Waals surface area (Å²) < 4.78 is 5.28. The predicted molar refractivity (Wildman–Crippen MR) is 89.4 cm³/mol. The van der Waals surface area contributed by atoms with Gasteiger partial charge in [-0.1, -0.05) is 37.8 Å². The highest BCUT2D eigenvalue weighted by Crippen LogP contribution is 2.30. The Labute approximate surface area is 133 Å². The Bertz CT molecular complexity index is 492. The summed E-state index contributed by atoms with van der Waals surface area (Å²) in [5.41, 5.74) is 0.682. The Balaban J connectivity index is 2.07. The number of nitrogens with zero attached hydrogens (tertiary/aromatic N) is 1. The monoisotopic (exact) mass is 304 g/mol. The molecule has 1 amide bonds. The average molecular weight is 304 g/mol. The van der Waals surface area contributed by atoms with E-state index < -0.39 is 0 Å². The Morgan fingerprint density at radius 3 is 2.41 bits per heavy atom. The first-order chi connectivity index (χ1) is 10.6. The standard InChI is InChI=1S/C18H28N2O2/c1-20(2)18(12-8-4-5-9-13-18)14-19-17(21)15-10-6-7-11-16(15)22-3/h6-7,10-11H,4-5,8-9,12-14H2,1-3H3,(H,19,21). The van der Waals surface area contributed by atoms with Crippen molar-refractivity contribution in [2.75, 3.05) is 27.7 Å². The van der Waals surface area contributed by atoms with Crippen LogP contribution >= 0.6 is 0 Å². The van der Waals surface area contributed by atoms with Crippen LogP contribution in [0.15, 0.2) is 24.3 Å². The van der Waals surface area contributed by atoms with Gasteiger partial charge >= 0.3 is 0 Å². The molecule has 22 heavy (non-hydrogen) atoms. The molecule has 122 valence electrons. The molecule has 2 rings (SSSR count). The van der Waals surface area contributed by atoms with Crippen molar-refractivity contribution in [3.8, 4) is 5.75 Å². The number of benzene rings is 1. The van der Waals surface area contributed by atoms with E-state index in [-0.39, 0.29) is 11.4 Å². The minimum absolute atomic E-state index is 0.0529. The molecular formula is C18H28N2O2. The molecule has 1 fully saturated rings. The topological polar surface area (TPSA) is 41.6 Å². The van der Waals surface area contributed by atoms with Crippen LogP contribution in [0.5, 0.6) is 5.75 Å². The van der Waals surface area contributed by atoms with Crippen molar-refractivity contribution >= 4 is 5.91 Å². The maximum Gasteiger partial charge on any atom is 0.255 e. The molecule has 1 aromatic carbocycles. The second kappa shape index (κ2) is 7.63. The number of nitrogens with one attached hydrogen (secondary N) is 1. The van der Waals surface area contributed by atoms with Crippen molar-refractivity contribution in [1.29, 1.82) is 0 Å². The summed E-state index contributed by atoms with van der Waals surface area (Å²) in [6.45, 7) is 0.691. The lowest BCUT2D eigenvalue weighted by Crippen LogP contribution is -2.52. The van der Waals surface area contributed by atoms with Gasteiger partial charge in [-0.15, -0.1) is 0 Å². The summed E-state index contributed by atoms with van der Waals surface area (Å²) in [5.74, 6) is 0.572. The van der Waals surface area contributed by atoms with E-state index in [1.54, 1.807) is 7.11 Å². The van der Waals surface area contributed by atoms with Gasteiger partial charge in [-0.3, -0.25) is 4.79 Å². The number of methoxy groups -OCH3 is 1. The van der Waals surface area contributed by atoms with Gasteiger partial charge in [0.25, 0.3) is 5.91 Å². The van der Waals surface area contributed by atoms with E-state index in [1.165, 1.54) is 25.7 Å². The highest BCUT2D eigenvalue weighted by Gasteiger charge is 2.33. The van der Waals surface area contributed by atoms with Crippen LogP contribution in [0.1, 0.15) is 48.9 Å². The number of carbonyl (C=O) groups is 1. The summed E-state index contributed by atoms with van der Waals surface area (Å²) in [4.78, 5) is 14.8. The third-order valence-corrected chi connectivity index (χ3v) is 4.91. The predicted octanol–water partition coefficient (Wildman–Crippen LogP) is 3.08. The van der Waals surface area contributed by atoms with Gasteiger partial charge in [0.15, 0.2) is 0 Å². The fourth-order valence-electron chi connectivity index (χ4n) is 3.34. The number of para-hydroxylation sites is 1.